The fourth-order valence-electron chi connectivity index (χ4n) is 3.31. The lowest BCUT2D eigenvalue weighted by Crippen LogP contribution is -2.19. The number of non-ortho nitro benzene ring substituents is 1. The molecule has 1 aliphatic heterocycles. The number of hydrogen-bond donors (Lipinski definition) is 1. The van der Waals surface area contributed by atoms with E-state index in [0.29, 0.717) is 27.1 Å². The summed E-state index contributed by atoms with van der Waals surface area (Å²) in [6.07, 6.45) is 1.61. The summed E-state index contributed by atoms with van der Waals surface area (Å²) in [6.45, 7) is 1.92. The number of amides is 1. The molecule has 14 heteroatoms. The lowest BCUT2D eigenvalue weighted by Gasteiger charge is -2.14. The van der Waals surface area contributed by atoms with Gasteiger partial charge in [-0.3, -0.25) is 14.9 Å². The van der Waals surface area contributed by atoms with E-state index in [2.05, 4.69) is 26.2 Å². The number of amidine groups is 1. The molecule has 1 heterocycles. The lowest BCUT2D eigenvalue weighted by atomic mass is 10.2. The molecular formula is C25H20BrN3O8S2. The molecule has 0 aliphatic carbocycles. The van der Waals surface area contributed by atoms with E-state index in [1.54, 1.807) is 50.4 Å². The average molecular weight is 634 g/mol. The third-order valence-corrected chi connectivity index (χ3v) is 7.85. The molecule has 202 valence electrons. The highest BCUT2D eigenvalue weighted by Gasteiger charge is 2.26. The largest absolute Gasteiger partial charge is 0.497 e. The Bertz CT molecular complexity index is 1590. The van der Waals surface area contributed by atoms with Crippen molar-refractivity contribution in [3.63, 3.8) is 0 Å². The standard InChI is InChI=1S/C25H20BrN3O8S2/c1-3-36-21-13-15(14-22-24(30)28-25(38-22)27-16-4-8-18(35-2)9-5-16)12-20(26)23(21)37-39(33,34)19-10-6-17(7-11-19)29(31)32/h4-14H,3H2,1-2H3,(H,27,28,30)/b22-14-. The maximum Gasteiger partial charge on any atom is 0.339 e. The van der Waals surface area contributed by atoms with Gasteiger partial charge in [0.25, 0.3) is 11.6 Å². The summed E-state index contributed by atoms with van der Waals surface area (Å²) in [5, 5.41) is 14.0. The molecular weight excluding hydrogens is 614 g/mol. The van der Waals surface area contributed by atoms with Crippen molar-refractivity contribution < 1.29 is 31.8 Å². The zero-order chi connectivity index (χ0) is 28.2. The van der Waals surface area contributed by atoms with Crippen molar-refractivity contribution in [2.45, 2.75) is 11.8 Å². The summed E-state index contributed by atoms with van der Waals surface area (Å²) in [6, 6.07) is 14.5. The van der Waals surface area contributed by atoms with E-state index in [-0.39, 0.29) is 39.1 Å². The van der Waals surface area contributed by atoms with Crippen LogP contribution in [0, 0.1) is 10.1 Å². The normalized spacial score (nSPS) is 15.3. The monoisotopic (exact) mass is 633 g/mol. The maximum absolute atomic E-state index is 12.9. The molecule has 4 rings (SSSR count). The topological polar surface area (TPSA) is 146 Å². The summed E-state index contributed by atoms with van der Waals surface area (Å²) < 4.78 is 42.1. The molecule has 0 unspecified atom stereocenters. The number of thioether (sulfide) groups is 1. The van der Waals surface area contributed by atoms with Crippen LogP contribution in [0.1, 0.15) is 12.5 Å². The van der Waals surface area contributed by atoms with E-state index in [9.17, 15) is 23.3 Å². The van der Waals surface area contributed by atoms with Crippen LogP contribution in [0.4, 0.5) is 11.4 Å². The molecule has 1 amide bonds. The molecule has 0 radical (unpaired) electrons. The summed E-state index contributed by atoms with van der Waals surface area (Å²) in [4.78, 5) is 27.3. The van der Waals surface area contributed by atoms with Crippen LogP contribution >= 0.6 is 27.7 Å². The van der Waals surface area contributed by atoms with Crippen molar-refractivity contribution in [3.05, 3.63) is 85.7 Å². The average Bonchev–Trinajstić information content (AvgIpc) is 3.24. The van der Waals surface area contributed by atoms with Crippen LogP contribution in [0.15, 0.2) is 79.9 Å². The zero-order valence-corrected chi connectivity index (χ0v) is 23.6. The number of aliphatic imine (C=N–C) groups is 1. The number of nitrogens with zero attached hydrogens (tertiary/aromatic N) is 2. The molecule has 39 heavy (non-hydrogen) atoms. The number of nitro groups is 1. The molecule has 3 aromatic rings. The van der Waals surface area contributed by atoms with E-state index in [1.165, 1.54) is 6.07 Å². The molecule has 11 nitrogen and oxygen atoms in total. The van der Waals surface area contributed by atoms with Gasteiger partial charge in [0.15, 0.2) is 16.7 Å². The molecule has 1 saturated heterocycles. The summed E-state index contributed by atoms with van der Waals surface area (Å²) in [5.74, 6) is 0.344. The van der Waals surface area contributed by atoms with Crippen LogP contribution in [0.25, 0.3) is 6.08 Å². The van der Waals surface area contributed by atoms with Gasteiger partial charge in [-0.15, -0.1) is 0 Å². The number of ether oxygens (including phenoxy) is 2. The molecule has 0 saturated carbocycles. The van der Waals surface area contributed by atoms with Gasteiger partial charge in [-0.25, -0.2) is 4.99 Å². The third kappa shape index (κ3) is 6.77. The van der Waals surface area contributed by atoms with Gasteiger partial charge in [0.1, 0.15) is 10.6 Å². The SMILES string of the molecule is CCOc1cc(/C=C2\SC(=Nc3ccc(OC)cc3)NC2=O)cc(Br)c1OS(=O)(=O)c1ccc([N+](=O)[O-])cc1. The van der Waals surface area contributed by atoms with Gasteiger partial charge >= 0.3 is 10.1 Å². The van der Waals surface area contributed by atoms with Crippen LogP contribution in [0.3, 0.4) is 0 Å². The van der Waals surface area contributed by atoms with Gasteiger partial charge in [0.05, 0.1) is 33.7 Å². The van der Waals surface area contributed by atoms with Crippen molar-refractivity contribution >= 4 is 66.3 Å². The Hall–Kier alpha value is -3.88. The minimum absolute atomic E-state index is 0.109. The van der Waals surface area contributed by atoms with Crippen molar-refractivity contribution in [1.29, 1.82) is 0 Å². The minimum atomic E-state index is -4.34. The Balaban J connectivity index is 1.60. The second-order valence-electron chi connectivity index (χ2n) is 7.73. The van der Waals surface area contributed by atoms with Gasteiger partial charge in [-0.1, -0.05) is 0 Å². The number of methoxy groups -OCH3 is 1. The number of carbonyl (C=O) groups excluding carboxylic acids is 1. The lowest BCUT2D eigenvalue weighted by molar-refractivity contribution is -0.384. The smallest absolute Gasteiger partial charge is 0.339 e. The van der Waals surface area contributed by atoms with Gasteiger partial charge in [-0.05, 0) is 94.8 Å². The Morgan fingerprint density at radius 3 is 2.44 bits per heavy atom. The fourth-order valence-corrected chi connectivity index (χ4v) is 5.76. The van der Waals surface area contributed by atoms with Gasteiger partial charge < -0.3 is 19.0 Å². The van der Waals surface area contributed by atoms with Crippen LogP contribution in [0.2, 0.25) is 0 Å². The second kappa shape index (κ2) is 11.9. The number of nitrogens with one attached hydrogen (secondary N) is 1. The first-order chi connectivity index (χ1) is 18.6. The van der Waals surface area contributed by atoms with E-state index in [1.807, 2.05) is 0 Å². The molecule has 0 bridgehead atoms. The second-order valence-corrected chi connectivity index (χ2v) is 11.2. The van der Waals surface area contributed by atoms with Gasteiger partial charge in [-0.2, -0.15) is 8.42 Å². The molecule has 0 spiro atoms. The number of carbonyl (C=O) groups is 1. The van der Waals surface area contributed by atoms with E-state index >= 15 is 0 Å². The molecule has 0 atom stereocenters. The Kier molecular flexibility index (Phi) is 8.57. The quantitative estimate of drug-likeness (QED) is 0.141. The predicted octanol–water partition coefficient (Wildman–Crippen LogP) is 5.42. The van der Waals surface area contributed by atoms with Crippen molar-refractivity contribution in [3.8, 4) is 17.2 Å². The van der Waals surface area contributed by atoms with Crippen LogP contribution in [-0.4, -0.2) is 38.1 Å². The Morgan fingerprint density at radius 2 is 1.82 bits per heavy atom. The van der Waals surface area contributed by atoms with Crippen LogP contribution < -0.4 is 19.0 Å². The number of hydrogen-bond acceptors (Lipinski definition) is 10. The summed E-state index contributed by atoms with van der Waals surface area (Å²) in [5.41, 5.74) is 0.916. The Labute approximate surface area is 236 Å². The highest BCUT2D eigenvalue weighted by atomic mass is 79.9. The summed E-state index contributed by atoms with van der Waals surface area (Å²) in [7, 11) is -2.78. The number of rotatable bonds is 9. The first-order valence-corrected chi connectivity index (χ1v) is 14.2. The third-order valence-electron chi connectivity index (χ3n) is 5.11. The molecule has 0 aromatic heterocycles. The fraction of sp³-hybridized carbons (Fsp3) is 0.120. The highest BCUT2D eigenvalue weighted by molar-refractivity contribution is 9.10. The first-order valence-electron chi connectivity index (χ1n) is 11.2. The minimum Gasteiger partial charge on any atom is -0.497 e. The first kappa shape index (κ1) is 28.1. The van der Waals surface area contributed by atoms with Crippen molar-refractivity contribution in [2.24, 2.45) is 4.99 Å². The molecule has 1 fully saturated rings. The van der Waals surface area contributed by atoms with Crippen molar-refractivity contribution in [2.75, 3.05) is 13.7 Å². The Morgan fingerprint density at radius 1 is 1.13 bits per heavy atom. The van der Waals surface area contributed by atoms with Gasteiger partial charge in [0, 0.05) is 12.1 Å². The number of benzene rings is 3. The van der Waals surface area contributed by atoms with Crippen LogP contribution in [0.5, 0.6) is 17.2 Å². The summed E-state index contributed by atoms with van der Waals surface area (Å²) >= 11 is 4.47. The molecule has 1 aliphatic rings. The van der Waals surface area contributed by atoms with E-state index in [4.69, 9.17) is 13.7 Å². The van der Waals surface area contributed by atoms with Crippen molar-refractivity contribution in [1.82, 2.24) is 5.32 Å². The molecule has 3 aromatic carbocycles. The maximum atomic E-state index is 12.9. The predicted molar refractivity (Wildman–Crippen MR) is 150 cm³/mol. The highest BCUT2D eigenvalue weighted by Crippen LogP contribution is 2.40. The van der Waals surface area contributed by atoms with Crippen LogP contribution in [-0.2, 0) is 14.9 Å². The zero-order valence-electron chi connectivity index (χ0n) is 20.4. The van der Waals surface area contributed by atoms with E-state index < -0.39 is 15.0 Å². The number of nitro benzene ring substituents is 1. The van der Waals surface area contributed by atoms with E-state index in [0.717, 1.165) is 36.0 Å². The number of halogens is 1. The molecule has 1 N–H and O–H groups in total. The van der Waals surface area contributed by atoms with Gasteiger partial charge in [0.2, 0.25) is 0 Å².